The van der Waals surface area contributed by atoms with E-state index in [2.05, 4.69) is 218 Å². The Bertz CT molecular complexity index is 3080. The van der Waals surface area contributed by atoms with Gasteiger partial charge in [0.25, 0.3) is 13.4 Å². The minimum atomic E-state index is -3.07. The summed E-state index contributed by atoms with van der Waals surface area (Å²) in [6, 6.07) is 81.9. The third-order valence-corrected chi connectivity index (χ3v) is 23.7. The van der Waals surface area contributed by atoms with Gasteiger partial charge in [-0.25, -0.2) is 0 Å². The zero-order valence-corrected chi connectivity index (χ0v) is 34.8. The van der Waals surface area contributed by atoms with Gasteiger partial charge in [0.1, 0.15) is 23.0 Å². The fourth-order valence-corrected chi connectivity index (χ4v) is 22.4. The maximum Gasteiger partial charge on any atom is 0.250 e. The molecule has 1 atom stereocenters. The Kier molecular flexibility index (Phi) is 7.28. The van der Waals surface area contributed by atoms with Gasteiger partial charge >= 0.3 is 0 Å². The largest absolute Gasteiger partial charge is 0.459 e. The summed E-state index contributed by atoms with van der Waals surface area (Å²) in [5.41, 5.74) is 7.84. The highest BCUT2D eigenvalue weighted by molar-refractivity contribution is 7.31. The van der Waals surface area contributed by atoms with Gasteiger partial charge in [-0.1, -0.05) is 211 Å². The minimum absolute atomic E-state index is 0.00959. The average Bonchev–Trinajstić information content (AvgIpc) is 3.32. The molecule has 0 aliphatic carbocycles. The van der Waals surface area contributed by atoms with E-state index >= 15 is 0 Å². The van der Waals surface area contributed by atoms with Gasteiger partial charge in [0.05, 0.1) is 0 Å². The van der Waals surface area contributed by atoms with Crippen molar-refractivity contribution >= 4 is 104 Å². The summed E-state index contributed by atoms with van der Waals surface area (Å²) in [5, 5.41) is 11.0. The first-order chi connectivity index (χ1) is 29.8. The van der Waals surface area contributed by atoms with Gasteiger partial charge in [-0.2, -0.15) is 0 Å². The number of hydrogen-bond acceptors (Lipinski definition) is 2. The minimum Gasteiger partial charge on any atom is -0.459 e. The predicted octanol–water partition coefficient (Wildman–Crippen LogP) is 2.31. The van der Waals surface area contributed by atoms with Crippen LogP contribution in [0.4, 0.5) is 0 Å². The fourth-order valence-electron chi connectivity index (χ4n) is 11.8. The fraction of sp³-hybridized carbons (Fsp3) is 0. The maximum atomic E-state index is 7.61. The Morgan fingerprint density at radius 1 is 0.317 bits per heavy atom. The molecule has 0 saturated carbocycles. The Labute approximate surface area is 352 Å². The van der Waals surface area contributed by atoms with Gasteiger partial charge in [-0.3, -0.25) is 0 Å². The Balaban J connectivity index is 1.21. The molecule has 0 amide bonds. The van der Waals surface area contributed by atoms with Crippen molar-refractivity contribution in [3.63, 3.8) is 0 Å². The van der Waals surface area contributed by atoms with Crippen molar-refractivity contribution < 1.29 is 9.47 Å². The van der Waals surface area contributed by atoms with Crippen LogP contribution < -0.4 is 83.7 Å². The molecule has 0 saturated heterocycles. The van der Waals surface area contributed by atoms with E-state index in [9.17, 15) is 0 Å². The van der Waals surface area contributed by atoms with Crippen LogP contribution in [-0.4, -0.2) is 29.6 Å². The molecule has 9 aromatic rings. The van der Waals surface area contributed by atoms with Crippen molar-refractivity contribution in [3.8, 4) is 23.0 Å². The quantitative estimate of drug-likeness (QED) is 0.202. The topological polar surface area (TPSA) is 18.5 Å². The molecule has 4 aliphatic heterocycles. The molecule has 9 aromatic carbocycles. The Morgan fingerprint density at radius 2 is 0.733 bits per heavy atom. The van der Waals surface area contributed by atoms with Gasteiger partial charge in [0.15, 0.2) is 16.1 Å². The van der Waals surface area contributed by atoms with Gasteiger partial charge in [0, 0.05) is 0 Å². The van der Waals surface area contributed by atoms with Crippen molar-refractivity contribution in [1.82, 2.24) is 0 Å². The molecule has 278 valence electrons. The summed E-state index contributed by atoms with van der Waals surface area (Å²) >= 11 is 0. The second-order valence-electron chi connectivity index (χ2n) is 16.5. The number of hydrogen-bond donors (Lipinski definition) is 0. The van der Waals surface area contributed by atoms with Crippen molar-refractivity contribution in [2.75, 3.05) is 0 Å². The summed E-state index contributed by atoms with van der Waals surface area (Å²) in [6.45, 7) is 0.0615. The first-order valence-corrected chi connectivity index (χ1v) is 25.0. The lowest BCUT2D eigenvalue weighted by atomic mass is 9.35. The molecule has 1 spiro atoms. The zero-order chi connectivity index (χ0) is 39.4. The number of ether oxygens (including phenoxy) is 2. The van der Waals surface area contributed by atoms with Crippen LogP contribution in [0, 0.1) is 0 Å². The van der Waals surface area contributed by atoms with E-state index < -0.39 is 16.1 Å². The van der Waals surface area contributed by atoms with Crippen molar-refractivity contribution in [2.24, 2.45) is 0 Å². The second-order valence-corrected chi connectivity index (χ2v) is 24.0. The molecule has 4 aliphatic rings. The standard InChI is InChI=1S/C54H36B2O2Si2/c1-4-19-37(20-5-1)59(38-21-6-2-7-22-38,39-23-8-3-9-24-39)51-36-35-50-53-54(51)58-45-30-15-11-26-41(45)56(53)43-28-13-17-33-48(43)60(50)47-32-16-12-27-42(47)55-40-25-10-14-29-44(40)57-46-31-18-34-49(60)52(46)55/h1-36H. The molecule has 60 heavy (non-hydrogen) atoms. The normalized spacial score (nSPS) is 15.9. The number of rotatable bonds is 4. The third kappa shape index (κ3) is 4.34. The van der Waals surface area contributed by atoms with Gasteiger partial charge < -0.3 is 9.47 Å². The maximum absolute atomic E-state index is 7.61. The van der Waals surface area contributed by atoms with Gasteiger partial charge in [0.2, 0.25) is 0 Å². The van der Waals surface area contributed by atoms with E-state index in [4.69, 9.17) is 9.47 Å². The van der Waals surface area contributed by atoms with E-state index in [-0.39, 0.29) is 13.4 Å². The molecule has 0 radical (unpaired) electrons. The highest BCUT2D eigenvalue weighted by atomic mass is 28.3. The lowest BCUT2D eigenvalue weighted by Gasteiger charge is -2.50. The molecule has 6 heteroatoms. The molecular weight excluding hydrogens is 758 g/mol. The van der Waals surface area contributed by atoms with Crippen LogP contribution in [0.5, 0.6) is 23.0 Å². The molecule has 0 fully saturated rings. The van der Waals surface area contributed by atoms with E-state index in [1.54, 1.807) is 0 Å². The predicted molar refractivity (Wildman–Crippen MR) is 256 cm³/mol. The van der Waals surface area contributed by atoms with Crippen molar-refractivity contribution in [1.29, 1.82) is 0 Å². The molecule has 0 N–H and O–H groups in total. The smallest absolute Gasteiger partial charge is 0.250 e. The highest BCUT2D eigenvalue weighted by Gasteiger charge is 2.59. The summed E-state index contributed by atoms with van der Waals surface area (Å²) in [7, 11) is -6.09. The SMILES string of the molecule is c1ccc([Si](c2ccccc2)(c2ccccc2)c2ccc3c4c2Oc2ccccc2B4c2ccccc2[Si]32c3ccccc3B3c4ccccc4Oc4cccc2c43)cc1. The Hall–Kier alpha value is -6.86. The van der Waals surface area contributed by atoms with Crippen LogP contribution in [0.15, 0.2) is 218 Å². The molecule has 1 unspecified atom stereocenters. The molecule has 0 aromatic heterocycles. The van der Waals surface area contributed by atoms with E-state index in [0.717, 1.165) is 23.0 Å². The van der Waals surface area contributed by atoms with Gasteiger partial charge in [-0.15, -0.1) is 0 Å². The molecule has 0 bridgehead atoms. The number of benzene rings is 9. The van der Waals surface area contributed by atoms with Crippen LogP contribution in [0.1, 0.15) is 0 Å². The van der Waals surface area contributed by atoms with Crippen LogP contribution in [0.2, 0.25) is 0 Å². The molecule has 13 rings (SSSR count). The Morgan fingerprint density at radius 3 is 1.30 bits per heavy atom. The highest BCUT2D eigenvalue weighted by Crippen LogP contribution is 2.31. The van der Waals surface area contributed by atoms with Crippen molar-refractivity contribution in [3.05, 3.63) is 218 Å². The molecule has 2 nitrogen and oxygen atoms in total. The summed E-state index contributed by atoms with van der Waals surface area (Å²) in [6.07, 6.45) is 0. The summed E-state index contributed by atoms with van der Waals surface area (Å²) in [4.78, 5) is 0. The first kappa shape index (κ1) is 34.0. The monoisotopic (exact) mass is 794 g/mol. The average molecular weight is 795 g/mol. The number of para-hydroxylation sites is 2. The van der Waals surface area contributed by atoms with Crippen LogP contribution in [0.3, 0.4) is 0 Å². The zero-order valence-electron chi connectivity index (χ0n) is 32.8. The van der Waals surface area contributed by atoms with Crippen molar-refractivity contribution in [2.45, 2.75) is 0 Å². The lowest BCUT2D eigenvalue weighted by molar-refractivity contribution is 0.488. The lowest BCUT2D eigenvalue weighted by Crippen LogP contribution is -2.93. The summed E-state index contributed by atoms with van der Waals surface area (Å²) in [5.74, 6) is 3.86. The van der Waals surface area contributed by atoms with Crippen LogP contribution in [-0.2, 0) is 0 Å². The van der Waals surface area contributed by atoms with Gasteiger partial charge in [-0.05, 0) is 81.5 Å². The van der Waals surface area contributed by atoms with E-state index in [1.165, 1.54) is 74.3 Å². The molecular formula is C54H36B2O2Si2. The van der Waals surface area contributed by atoms with E-state index in [0.29, 0.717) is 0 Å². The third-order valence-electron chi connectivity index (χ3n) is 13.9. The summed E-state index contributed by atoms with van der Waals surface area (Å²) < 4.78 is 14.5. The van der Waals surface area contributed by atoms with Crippen LogP contribution >= 0.6 is 0 Å². The van der Waals surface area contributed by atoms with Crippen LogP contribution in [0.25, 0.3) is 0 Å². The second kappa shape index (κ2) is 12.8. The van der Waals surface area contributed by atoms with E-state index in [1.807, 2.05) is 0 Å². The number of fused-ring (bicyclic) bond motifs is 12. The first-order valence-electron chi connectivity index (χ1n) is 21.0. The molecule has 4 heterocycles.